The number of rotatable bonds is 0. The van der Waals surface area contributed by atoms with E-state index in [0.717, 1.165) is 5.75 Å². The fraction of sp³-hybridized carbons (Fsp3) is 0.333. The molecule has 0 spiro atoms. The Morgan fingerprint density at radius 2 is 2.00 bits per heavy atom. The fourth-order valence-electron chi connectivity index (χ4n) is 0.346. The Kier molecular flexibility index (Phi) is 10.3. The number of allylic oxidation sites excluding steroid dienone is 2. The van der Waals surface area contributed by atoms with Crippen molar-refractivity contribution in [2.24, 2.45) is 0 Å². The van der Waals surface area contributed by atoms with Crippen LogP contribution in [-0.4, -0.2) is 23.1 Å². The minimum absolute atomic E-state index is 0. The second kappa shape index (κ2) is 7.36. The van der Waals surface area contributed by atoms with Crippen LogP contribution in [0.1, 0.15) is 7.43 Å². The molecule has 1 heterocycles. The molecule has 8 heavy (non-hydrogen) atoms. The Morgan fingerprint density at radius 1 is 1.25 bits per heavy atom. The van der Waals surface area contributed by atoms with Crippen LogP contribution in [0.3, 0.4) is 0 Å². The maximum Gasteiger partial charge on any atom is 0.0157 e. The monoisotopic (exact) mass is 141 g/mol. The zero-order chi connectivity index (χ0) is 4.24. The van der Waals surface area contributed by atoms with Crippen molar-refractivity contribution in [3.63, 3.8) is 0 Å². The van der Waals surface area contributed by atoms with Gasteiger partial charge in [0.1, 0.15) is 0 Å². The summed E-state index contributed by atoms with van der Waals surface area (Å²) in [5, 5.41) is 2.10. The highest BCUT2D eigenvalue weighted by molar-refractivity contribution is 8.02. The van der Waals surface area contributed by atoms with Gasteiger partial charge in [0.15, 0.2) is 0 Å². The van der Waals surface area contributed by atoms with E-state index in [1.807, 2.05) is 17.8 Å². The third kappa shape index (κ3) is 4.52. The summed E-state index contributed by atoms with van der Waals surface area (Å²) in [6, 6.07) is 0. The van der Waals surface area contributed by atoms with Gasteiger partial charge in [-0.2, -0.15) is 0 Å². The van der Waals surface area contributed by atoms with Crippen molar-refractivity contribution in [2.45, 2.75) is 7.43 Å². The van der Waals surface area contributed by atoms with Gasteiger partial charge in [0, 0.05) is 23.1 Å². The molecule has 3 radical (unpaired) electrons. The van der Waals surface area contributed by atoms with Crippen LogP contribution in [0.25, 0.3) is 0 Å². The highest BCUT2D eigenvalue weighted by Crippen LogP contribution is 2.05. The summed E-state index contributed by atoms with van der Waals surface area (Å²) in [4.78, 5) is 0. The van der Waals surface area contributed by atoms with Crippen LogP contribution in [0.15, 0.2) is 23.6 Å². The van der Waals surface area contributed by atoms with Crippen LogP contribution in [0.4, 0.5) is 0 Å². The van der Waals surface area contributed by atoms with Gasteiger partial charge < -0.3 is 0 Å². The van der Waals surface area contributed by atoms with Gasteiger partial charge in [-0.05, 0) is 5.41 Å². The van der Waals surface area contributed by atoms with Crippen molar-refractivity contribution in [3.8, 4) is 0 Å². The van der Waals surface area contributed by atoms with E-state index in [1.54, 1.807) is 0 Å². The van der Waals surface area contributed by atoms with Crippen molar-refractivity contribution in [1.29, 1.82) is 0 Å². The molecule has 2 heteroatoms. The predicted molar refractivity (Wildman–Crippen MR) is 43.2 cm³/mol. The van der Waals surface area contributed by atoms with E-state index < -0.39 is 0 Å². The average Bonchev–Trinajstić information content (AvgIpc) is 1.72. The lowest BCUT2D eigenvalue weighted by Gasteiger charge is -1.88. The van der Waals surface area contributed by atoms with Gasteiger partial charge in [-0.15, -0.1) is 11.8 Å². The van der Waals surface area contributed by atoms with E-state index in [-0.39, 0.29) is 24.8 Å². The second-order valence-electron chi connectivity index (χ2n) is 1.09. The Hall–Kier alpha value is 0.362. The maximum absolute atomic E-state index is 2.14. The van der Waals surface area contributed by atoms with Crippen molar-refractivity contribution in [2.75, 3.05) is 5.75 Å². The highest BCUT2D eigenvalue weighted by atomic mass is 32.2. The zero-order valence-corrected chi connectivity index (χ0v) is 5.97. The number of thioether (sulfide) groups is 1. The molecule has 0 aliphatic carbocycles. The number of hydrogen-bond donors (Lipinski definition) is 0. The molecule has 0 aromatic rings. The van der Waals surface area contributed by atoms with Gasteiger partial charge in [0.05, 0.1) is 0 Å². The lowest BCUT2D eigenvalue weighted by Crippen LogP contribution is -1.67. The third-order valence-corrected chi connectivity index (χ3v) is 1.35. The van der Waals surface area contributed by atoms with Crippen LogP contribution < -0.4 is 0 Å². The first-order chi connectivity index (χ1) is 3.00. The Labute approximate surface area is 66.2 Å². The summed E-state index contributed by atoms with van der Waals surface area (Å²) in [5.41, 5.74) is 0. The third-order valence-electron chi connectivity index (χ3n) is 0.614. The molecule has 0 aromatic heterocycles. The van der Waals surface area contributed by atoms with E-state index in [0.29, 0.717) is 0 Å². The molecule has 0 fully saturated rings. The first-order valence-electron chi connectivity index (χ1n) is 1.93. The Morgan fingerprint density at radius 3 is 2.12 bits per heavy atom. The van der Waals surface area contributed by atoms with Crippen molar-refractivity contribution < 1.29 is 0 Å². The summed E-state index contributed by atoms with van der Waals surface area (Å²) in [6.45, 7) is 0. The molecule has 0 aromatic carbocycles. The first-order valence-corrected chi connectivity index (χ1v) is 2.98. The quantitative estimate of drug-likeness (QED) is 0.465. The van der Waals surface area contributed by atoms with Crippen molar-refractivity contribution in [3.05, 3.63) is 23.6 Å². The summed E-state index contributed by atoms with van der Waals surface area (Å²) in [5.74, 6) is 1.15. The van der Waals surface area contributed by atoms with E-state index in [4.69, 9.17) is 0 Å². The molecule has 0 unspecified atom stereocenters. The second-order valence-corrected chi connectivity index (χ2v) is 2.03. The highest BCUT2D eigenvalue weighted by Gasteiger charge is 1.77. The smallest absolute Gasteiger partial charge is 0.0157 e. The number of hydrogen-bond acceptors (Lipinski definition) is 1. The van der Waals surface area contributed by atoms with Gasteiger partial charge >= 0.3 is 0 Å². The topological polar surface area (TPSA) is 0 Å². The summed E-state index contributed by atoms with van der Waals surface area (Å²) >= 11 is 1.83. The average molecular weight is 141 g/mol. The van der Waals surface area contributed by atoms with Gasteiger partial charge in [-0.25, -0.2) is 0 Å². The molecule has 0 bridgehead atoms. The Balaban J connectivity index is 0. The summed E-state index contributed by atoms with van der Waals surface area (Å²) in [7, 11) is 0. The van der Waals surface area contributed by atoms with Gasteiger partial charge in [0.2, 0.25) is 0 Å². The van der Waals surface area contributed by atoms with Gasteiger partial charge in [-0.3, -0.25) is 0 Å². The molecule has 1 aliphatic heterocycles. The SMILES string of the molecule is C.C1=CCSC=C1.[Al]. The predicted octanol–water partition coefficient (Wildman–Crippen LogP) is 2.06. The minimum Gasteiger partial charge on any atom is -0.130 e. The van der Waals surface area contributed by atoms with Gasteiger partial charge in [0.25, 0.3) is 0 Å². The summed E-state index contributed by atoms with van der Waals surface area (Å²) < 4.78 is 0. The molecule has 0 amide bonds. The molecule has 0 atom stereocenters. The van der Waals surface area contributed by atoms with Crippen LogP contribution in [-0.2, 0) is 0 Å². The van der Waals surface area contributed by atoms with E-state index in [1.165, 1.54) is 0 Å². The van der Waals surface area contributed by atoms with E-state index in [9.17, 15) is 0 Å². The molecular weight excluding hydrogens is 131 g/mol. The molecule has 0 nitrogen and oxygen atoms in total. The molecule has 1 aliphatic rings. The van der Waals surface area contributed by atoms with E-state index >= 15 is 0 Å². The standard InChI is InChI=1S/C5H6S.CH4.Al/c1-2-4-6-5-3-1;;/h1-4H,5H2;1H4;. The summed E-state index contributed by atoms with van der Waals surface area (Å²) in [6.07, 6.45) is 6.26. The van der Waals surface area contributed by atoms with Gasteiger partial charge in [-0.1, -0.05) is 25.7 Å². The fourth-order valence-corrected chi connectivity index (χ4v) is 0.881. The molecule has 0 saturated carbocycles. The lowest BCUT2D eigenvalue weighted by atomic mass is 10.5. The molecule has 43 valence electrons. The van der Waals surface area contributed by atoms with Crippen molar-refractivity contribution >= 4 is 29.1 Å². The lowest BCUT2D eigenvalue weighted by molar-refractivity contribution is 1.74. The van der Waals surface area contributed by atoms with Crippen LogP contribution in [0, 0.1) is 0 Å². The molecule has 0 saturated heterocycles. The van der Waals surface area contributed by atoms with Crippen molar-refractivity contribution in [1.82, 2.24) is 0 Å². The van der Waals surface area contributed by atoms with Crippen LogP contribution >= 0.6 is 11.8 Å². The van der Waals surface area contributed by atoms with Crippen LogP contribution in [0.5, 0.6) is 0 Å². The molecule has 1 rings (SSSR count). The van der Waals surface area contributed by atoms with Crippen LogP contribution in [0.2, 0.25) is 0 Å². The first kappa shape index (κ1) is 11.2. The normalized spacial score (nSPS) is 14.0. The van der Waals surface area contributed by atoms with E-state index in [2.05, 4.69) is 17.6 Å². The Bertz CT molecular complexity index is 74.5. The molecule has 0 N–H and O–H groups in total. The zero-order valence-electron chi connectivity index (χ0n) is 4.00. The largest absolute Gasteiger partial charge is 0.130 e. The maximum atomic E-state index is 2.14. The molecular formula is C6H10AlS. The minimum atomic E-state index is 0.